The van der Waals surface area contributed by atoms with Gasteiger partial charge in [-0.2, -0.15) is 13.2 Å². The summed E-state index contributed by atoms with van der Waals surface area (Å²) in [6.07, 6.45) is -1.17. The van der Waals surface area contributed by atoms with E-state index in [1.54, 1.807) is 0 Å². The van der Waals surface area contributed by atoms with E-state index in [0.717, 1.165) is 43.9 Å². The summed E-state index contributed by atoms with van der Waals surface area (Å²) in [5, 5.41) is 2.88. The molecule has 0 heterocycles. The molecule has 1 aliphatic rings. The monoisotopic (exact) mass is 457 g/mol. The van der Waals surface area contributed by atoms with Crippen molar-refractivity contribution in [2.24, 2.45) is 17.8 Å². The van der Waals surface area contributed by atoms with Crippen LogP contribution in [0.15, 0.2) is 42.5 Å². The minimum Gasteiger partial charge on any atom is -0.493 e. The molecule has 2 aromatic rings. The number of halogens is 5. The lowest BCUT2D eigenvalue weighted by molar-refractivity contribution is -0.137. The fourth-order valence-corrected chi connectivity index (χ4v) is 4.04. The Morgan fingerprint density at radius 2 is 1.87 bits per heavy atom. The van der Waals surface area contributed by atoms with Crippen molar-refractivity contribution in [3.8, 4) is 5.75 Å². The van der Waals surface area contributed by atoms with Gasteiger partial charge in [0.15, 0.2) is 0 Å². The highest BCUT2D eigenvalue weighted by molar-refractivity contribution is 6.30. The summed E-state index contributed by atoms with van der Waals surface area (Å²) in [7, 11) is 0. The van der Waals surface area contributed by atoms with Gasteiger partial charge in [-0.15, -0.1) is 0 Å². The number of amides is 1. The van der Waals surface area contributed by atoms with E-state index in [1.165, 1.54) is 24.3 Å². The highest BCUT2D eigenvalue weighted by Gasteiger charge is 2.31. The number of hydrogen-bond donors (Lipinski definition) is 1. The number of nitrogens with one attached hydrogen (secondary N) is 1. The second-order valence-electron chi connectivity index (χ2n) is 8.02. The first-order valence-electron chi connectivity index (χ1n) is 10.2. The van der Waals surface area contributed by atoms with Crippen LogP contribution in [0.2, 0.25) is 5.02 Å². The first-order chi connectivity index (χ1) is 14.6. The zero-order valence-electron chi connectivity index (χ0n) is 17.0. The summed E-state index contributed by atoms with van der Waals surface area (Å²) in [6, 6.07) is 8.97. The third kappa shape index (κ3) is 6.35. The number of carbonyl (C=O) groups excluding carboxylic acids is 1. The normalized spacial score (nSPS) is 20.2. The van der Waals surface area contributed by atoms with E-state index in [1.807, 2.05) is 6.92 Å². The Balaban J connectivity index is 1.47. The summed E-state index contributed by atoms with van der Waals surface area (Å²) in [5.74, 6) is -0.543. The van der Waals surface area contributed by atoms with Gasteiger partial charge in [-0.25, -0.2) is 4.39 Å². The van der Waals surface area contributed by atoms with Crippen molar-refractivity contribution >= 4 is 23.2 Å². The molecule has 1 aliphatic carbocycles. The Hall–Kier alpha value is -2.28. The van der Waals surface area contributed by atoms with Crippen molar-refractivity contribution in [1.82, 2.24) is 0 Å². The third-order valence-electron chi connectivity index (χ3n) is 5.85. The number of hydrogen-bond acceptors (Lipinski definition) is 2. The summed E-state index contributed by atoms with van der Waals surface area (Å²) in [6.45, 7) is 2.16. The molecule has 2 aromatic carbocycles. The molecule has 0 radical (unpaired) electrons. The summed E-state index contributed by atoms with van der Waals surface area (Å²) in [5.41, 5.74) is -0.630. The number of alkyl halides is 3. The van der Waals surface area contributed by atoms with Gasteiger partial charge in [-0.05, 0) is 73.9 Å². The van der Waals surface area contributed by atoms with Gasteiger partial charge in [0.25, 0.3) is 0 Å². The number of ether oxygens (including phenoxy) is 1. The number of rotatable bonds is 6. The largest absolute Gasteiger partial charge is 0.493 e. The molecule has 1 saturated carbocycles. The second kappa shape index (κ2) is 9.90. The van der Waals surface area contributed by atoms with Crippen molar-refractivity contribution in [1.29, 1.82) is 0 Å². The SMILES string of the molecule is C[C@@H](C(=O)Nc1ccc(Cl)cc1F)C1CCC(COc2cccc(C(F)(F)F)c2)CC1. The standard InChI is InChI=1S/C23H24ClF4NO2/c1-14(22(30)29-21-10-9-18(24)12-20(21)25)16-7-5-15(6-8-16)13-31-19-4-2-3-17(11-19)23(26,27)28/h2-4,9-12,14-16H,5-8,13H2,1H3,(H,29,30)/t14-,15?,16?/m1/s1. The highest BCUT2D eigenvalue weighted by atomic mass is 35.5. The van der Waals surface area contributed by atoms with Gasteiger partial charge >= 0.3 is 6.18 Å². The van der Waals surface area contributed by atoms with E-state index >= 15 is 0 Å². The summed E-state index contributed by atoms with van der Waals surface area (Å²) >= 11 is 5.73. The van der Waals surface area contributed by atoms with Gasteiger partial charge in [0.05, 0.1) is 17.9 Å². The molecule has 1 fully saturated rings. The zero-order chi connectivity index (χ0) is 22.6. The van der Waals surface area contributed by atoms with Crippen LogP contribution in [-0.4, -0.2) is 12.5 Å². The lowest BCUT2D eigenvalue weighted by atomic mass is 9.76. The Morgan fingerprint density at radius 3 is 2.52 bits per heavy atom. The molecule has 1 amide bonds. The zero-order valence-corrected chi connectivity index (χ0v) is 17.8. The minimum absolute atomic E-state index is 0.101. The molecule has 0 spiro atoms. The fourth-order valence-electron chi connectivity index (χ4n) is 3.88. The molecule has 8 heteroatoms. The molecular weight excluding hydrogens is 434 g/mol. The van der Waals surface area contributed by atoms with E-state index in [-0.39, 0.29) is 40.1 Å². The molecule has 0 bridgehead atoms. The van der Waals surface area contributed by atoms with Crippen LogP contribution in [0.5, 0.6) is 5.75 Å². The Bertz CT molecular complexity index is 911. The number of anilines is 1. The molecule has 31 heavy (non-hydrogen) atoms. The van der Waals surface area contributed by atoms with Crippen molar-refractivity contribution in [2.75, 3.05) is 11.9 Å². The lowest BCUT2D eigenvalue weighted by Crippen LogP contribution is -2.31. The van der Waals surface area contributed by atoms with Crippen molar-refractivity contribution in [2.45, 2.75) is 38.8 Å². The van der Waals surface area contributed by atoms with Gasteiger partial charge < -0.3 is 10.1 Å². The number of benzene rings is 2. The second-order valence-corrected chi connectivity index (χ2v) is 8.46. The topological polar surface area (TPSA) is 38.3 Å². The van der Waals surface area contributed by atoms with Crippen LogP contribution < -0.4 is 10.1 Å². The molecule has 1 N–H and O–H groups in total. The maximum Gasteiger partial charge on any atom is 0.416 e. The van der Waals surface area contributed by atoms with Crippen molar-refractivity contribution in [3.05, 3.63) is 58.9 Å². The van der Waals surface area contributed by atoms with Crippen LogP contribution >= 0.6 is 11.6 Å². The smallest absolute Gasteiger partial charge is 0.416 e. The average Bonchev–Trinajstić information content (AvgIpc) is 2.73. The van der Waals surface area contributed by atoms with E-state index in [4.69, 9.17) is 16.3 Å². The van der Waals surface area contributed by atoms with Crippen molar-refractivity contribution < 1.29 is 27.1 Å². The third-order valence-corrected chi connectivity index (χ3v) is 6.08. The highest BCUT2D eigenvalue weighted by Crippen LogP contribution is 2.35. The molecule has 0 aliphatic heterocycles. The van der Waals surface area contributed by atoms with Crippen LogP contribution in [0, 0.1) is 23.6 Å². The van der Waals surface area contributed by atoms with E-state index < -0.39 is 17.6 Å². The predicted octanol–water partition coefficient (Wildman–Crippen LogP) is 6.96. The minimum atomic E-state index is -4.40. The average molecular weight is 458 g/mol. The van der Waals surface area contributed by atoms with Gasteiger partial charge in [-0.3, -0.25) is 4.79 Å². The lowest BCUT2D eigenvalue weighted by Gasteiger charge is -2.31. The van der Waals surface area contributed by atoms with E-state index in [9.17, 15) is 22.4 Å². The quantitative estimate of drug-likeness (QED) is 0.476. The number of carbonyl (C=O) groups is 1. The maximum absolute atomic E-state index is 13.9. The Morgan fingerprint density at radius 1 is 1.16 bits per heavy atom. The molecule has 0 aromatic heterocycles. The van der Waals surface area contributed by atoms with Crippen LogP contribution in [0.3, 0.4) is 0 Å². The van der Waals surface area contributed by atoms with E-state index in [2.05, 4.69) is 5.32 Å². The summed E-state index contributed by atoms with van der Waals surface area (Å²) < 4.78 is 57.9. The van der Waals surface area contributed by atoms with Gasteiger partial charge in [-0.1, -0.05) is 24.6 Å². The van der Waals surface area contributed by atoms with Gasteiger partial charge in [0.2, 0.25) is 5.91 Å². The van der Waals surface area contributed by atoms with Crippen LogP contribution in [-0.2, 0) is 11.0 Å². The Kier molecular flexibility index (Phi) is 7.46. The first-order valence-corrected chi connectivity index (χ1v) is 10.6. The molecule has 0 saturated heterocycles. The summed E-state index contributed by atoms with van der Waals surface area (Å²) in [4.78, 5) is 12.5. The van der Waals surface area contributed by atoms with E-state index in [0.29, 0.717) is 6.61 Å². The molecule has 3 nitrogen and oxygen atoms in total. The van der Waals surface area contributed by atoms with Gasteiger partial charge in [0, 0.05) is 10.9 Å². The van der Waals surface area contributed by atoms with Crippen LogP contribution in [0.4, 0.5) is 23.2 Å². The van der Waals surface area contributed by atoms with Crippen LogP contribution in [0.25, 0.3) is 0 Å². The Labute approximate surface area is 183 Å². The molecule has 1 atom stereocenters. The molecular formula is C23H24ClF4NO2. The maximum atomic E-state index is 13.9. The molecule has 0 unspecified atom stereocenters. The van der Waals surface area contributed by atoms with Gasteiger partial charge in [0.1, 0.15) is 11.6 Å². The van der Waals surface area contributed by atoms with Crippen LogP contribution in [0.1, 0.15) is 38.2 Å². The van der Waals surface area contributed by atoms with Crippen molar-refractivity contribution in [3.63, 3.8) is 0 Å². The molecule has 3 rings (SSSR count). The molecule has 168 valence electrons. The first kappa shape index (κ1) is 23.4. The predicted molar refractivity (Wildman–Crippen MR) is 112 cm³/mol. The fraction of sp³-hybridized carbons (Fsp3) is 0.435.